The summed E-state index contributed by atoms with van der Waals surface area (Å²) in [6.07, 6.45) is 1.36. The van der Waals surface area contributed by atoms with Crippen LogP contribution in [0.2, 0.25) is 0 Å². The maximum Gasteiger partial charge on any atom is 0.262 e. The van der Waals surface area contributed by atoms with Crippen molar-refractivity contribution in [3.8, 4) is 0 Å². The van der Waals surface area contributed by atoms with Crippen LogP contribution < -0.4 is 10.0 Å². The van der Waals surface area contributed by atoms with Crippen molar-refractivity contribution in [3.63, 3.8) is 0 Å². The number of hydrogen-bond acceptors (Lipinski definition) is 5. The minimum atomic E-state index is -3.75. The molecular formula is C23H29N3O5S. The van der Waals surface area contributed by atoms with Gasteiger partial charge in [0.15, 0.2) is 0 Å². The first-order valence-electron chi connectivity index (χ1n) is 10.5. The van der Waals surface area contributed by atoms with Crippen LogP contribution in [0.25, 0.3) is 0 Å². The first-order valence-corrected chi connectivity index (χ1v) is 12.0. The second kappa shape index (κ2) is 10.1. The molecule has 0 spiro atoms. The fourth-order valence-corrected chi connectivity index (χ4v) is 5.12. The number of carbonyl (C=O) groups is 2. The fourth-order valence-electron chi connectivity index (χ4n) is 3.83. The lowest BCUT2D eigenvalue weighted by molar-refractivity contribution is -0.125. The maximum atomic E-state index is 13.0. The van der Waals surface area contributed by atoms with E-state index in [1.165, 1.54) is 0 Å². The number of sulfonamides is 1. The van der Waals surface area contributed by atoms with Crippen LogP contribution in [-0.4, -0.2) is 58.0 Å². The van der Waals surface area contributed by atoms with E-state index in [1.54, 1.807) is 55.3 Å². The standard InChI is InChI=1S/C23H29N3O5S/c1-16-6-11-21(17(2)15-16)32(29,30)25-19-9-7-18(8-10-19)23(28)26-13-4-5-20(26)22(27)24-12-14-31-3/h6-11,15,20,25H,4-5,12-14H2,1-3H3,(H,24,27). The topological polar surface area (TPSA) is 105 Å². The van der Waals surface area contributed by atoms with E-state index in [2.05, 4.69) is 10.0 Å². The smallest absolute Gasteiger partial charge is 0.262 e. The van der Waals surface area contributed by atoms with Crippen molar-refractivity contribution in [3.05, 3.63) is 59.2 Å². The predicted molar refractivity (Wildman–Crippen MR) is 122 cm³/mol. The van der Waals surface area contributed by atoms with Gasteiger partial charge in [-0.2, -0.15) is 0 Å². The number of benzene rings is 2. The first kappa shape index (κ1) is 23.7. The SMILES string of the molecule is COCCNC(=O)C1CCCN1C(=O)c1ccc(NS(=O)(=O)c2ccc(C)cc2C)cc1. The summed E-state index contributed by atoms with van der Waals surface area (Å²) in [5, 5.41) is 2.79. The molecule has 0 aromatic heterocycles. The van der Waals surface area contributed by atoms with Gasteiger partial charge in [-0.3, -0.25) is 14.3 Å². The third-order valence-corrected chi connectivity index (χ3v) is 6.97. The molecule has 1 fully saturated rings. The third kappa shape index (κ3) is 5.46. The molecule has 2 aromatic rings. The Labute approximate surface area is 189 Å². The molecule has 1 aliphatic rings. The summed E-state index contributed by atoms with van der Waals surface area (Å²) in [7, 11) is -2.19. The molecule has 0 saturated carbocycles. The van der Waals surface area contributed by atoms with Crippen molar-refractivity contribution in [1.29, 1.82) is 0 Å². The summed E-state index contributed by atoms with van der Waals surface area (Å²) < 4.78 is 33.0. The Hall–Kier alpha value is -2.91. The molecule has 2 N–H and O–H groups in total. The zero-order chi connectivity index (χ0) is 23.3. The molecule has 1 unspecified atom stereocenters. The first-order chi connectivity index (χ1) is 15.2. The minimum absolute atomic E-state index is 0.189. The van der Waals surface area contributed by atoms with Crippen molar-refractivity contribution in [2.24, 2.45) is 0 Å². The number of rotatable bonds is 8. The van der Waals surface area contributed by atoms with Gasteiger partial charge < -0.3 is 15.0 Å². The largest absolute Gasteiger partial charge is 0.383 e. The summed E-state index contributed by atoms with van der Waals surface area (Å²) in [6, 6.07) is 10.9. The minimum Gasteiger partial charge on any atom is -0.383 e. The highest BCUT2D eigenvalue weighted by molar-refractivity contribution is 7.92. The van der Waals surface area contributed by atoms with Gasteiger partial charge in [-0.15, -0.1) is 0 Å². The van der Waals surface area contributed by atoms with Crippen molar-refractivity contribution < 1.29 is 22.7 Å². The predicted octanol–water partition coefficient (Wildman–Crippen LogP) is 2.47. The second-order valence-corrected chi connectivity index (χ2v) is 9.54. The van der Waals surface area contributed by atoms with E-state index >= 15 is 0 Å². The van der Waals surface area contributed by atoms with Gasteiger partial charge in [0.1, 0.15) is 6.04 Å². The number of anilines is 1. The molecule has 1 heterocycles. The molecule has 9 heteroatoms. The van der Waals surface area contributed by atoms with E-state index in [0.29, 0.717) is 42.9 Å². The van der Waals surface area contributed by atoms with E-state index in [0.717, 1.165) is 12.0 Å². The van der Waals surface area contributed by atoms with Crippen molar-refractivity contribution in [2.45, 2.75) is 37.6 Å². The second-order valence-electron chi connectivity index (χ2n) is 7.89. The van der Waals surface area contributed by atoms with Crippen LogP contribution in [0, 0.1) is 13.8 Å². The molecule has 1 aliphatic heterocycles. The lowest BCUT2D eigenvalue weighted by Crippen LogP contribution is -2.46. The van der Waals surface area contributed by atoms with E-state index in [1.807, 2.05) is 13.0 Å². The molecule has 2 aromatic carbocycles. The van der Waals surface area contributed by atoms with Gasteiger partial charge in [0.05, 0.1) is 11.5 Å². The Morgan fingerprint density at radius 2 is 1.84 bits per heavy atom. The molecule has 0 aliphatic carbocycles. The third-order valence-electron chi connectivity index (χ3n) is 5.43. The quantitative estimate of drug-likeness (QED) is 0.590. The zero-order valence-electron chi connectivity index (χ0n) is 18.6. The highest BCUT2D eigenvalue weighted by atomic mass is 32.2. The molecule has 0 bridgehead atoms. The summed E-state index contributed by atoms with van der Waals surface area (Å²) >= 11 is 0. The van der Waals surface area contributed by atoms with Crippen LogP contribution in [0.1, 0.15) is 34.3 Å². The summed E-state index contributed by atoms with van der Waals surface area (Å²) in [5.41, 5.74) is 2.40. The Morgan fingerprint density at radius 3 is 2.50 bits per heavy atom. The molecule has 8 nitrogen and oxygen atoms in total. The van der Waals surface area contributed by atoms with Gasteiger partial charge in [0.25, 0.3) is 15.9 Å². The van der Waals surface area contributed by atoms with Gasteiger partial charge >= 0.3 is 0 Å². The Bertz CT molecular complexity index is 1080. The van der Waals surface area contributed by atoms with Crippen LogP contribution in [-0.2, 0) is 19.6 Å². The molecule has 172 valence electrons. The van der Waals surface area contributed by atoms with Gasteiger partial charge in [-0.25, -0.2) is 8.42 Å². The molecule has 3 rings (SSSR count). The molecule has 0 radical (unpaired) electrons. The Balaban J connectivity index is 1.69. The maximum absolute atomic E-state index is 13.0. The van der Waals surface area contributed by atoms with Crippen LogP contribution in [0.4, 0.5) is 5.69 Å². The summed E-state index contributed by atoms with van der Waals surface area (Å²) in [4.78, 5) is 27.2. The van der Waals surface area contributed by atoms with Crippen LogP contribution in [0.5, 0.6) is 0 Å². The summed E-state index contributed by atoms with van der Waals surface area (Å²) in [6.45, 7) is 4.96. The average molecular weight is 460 g/mol. The van der Waals surface area contributed by atoms with Gasteiger partial charge in [-0.1, -0.05) is 17.7 Å². The number of ether oxygens (including phenoxy) is 1. The molecule has 2 amide bonds. The Kier molecular flexibility index (Phi) is 7.52. The normalized spacial score (nSPS) is 16.1. The number of methoxy groups -OCH3 is 1. The number of likely N-dealkylation sites (tertiary alicyclic amines) is 1. The zero-order valence-corrected chi connectivity index (χ0v) is 19.4. The number of nitrogens with zero attached hydrogens (tertiary/aromatic N) is 1. The fraction of sp³-hybridized carbons (Fsp3) is 0.391. The van der Waals surface area contributed by atoms with Gasteiger partial charge in [0, 0.05) is 31.5 Å². The number of hydrogen-bond donors (Lipinski definition) is 2. The number of amides is 2. The van der Waals surface area contributed by atoms with E-state index < -0.39 is 16.1 Å². The van der Waals surface area contributed by atoms with Gasteiger partial charge in [-0.05, 0) is 62.6 Å². The van der Waals surface area contributed by atoms with Crippen LogP contribution in [0.15, 0.2) is 47.4 Å². The average Bonchev–Trinajstić information content (AvgIpc) is 3.23. The molecule has 1 saturated heterocycles. The molecule has 1 atom stereocenters. The van der Waals surface area contributed by atoms with Crippen molar-refractivity contribution >= 4 is 27.5 Å². The summed E-state index contributed by atoms with van der Waals surface area (Å²) in [5.74, 6) is -0.441. The van der Waals surface area contributed by atoms with E-state index in [-0.39, 0.29) is 16.7 Å². The lowest BCUT2D eigenvalue weighted by atomic mass is 10.1. The van der Waals surface area contributed by atoms with E-state index in [9.17, 15) is 18.0 Å². The number of nitrogens with one attached hydrogen (secondary N) is 2. The van der Waals surface area contributed by atoms with Crippen LogP contribution in [0.3, 0.4) is 0 Å². The number of carbonyl (C=O) groups excluding carboxylic acids is 2. The highest BCUT2D eigenvalue weighted by Gasteiger charge is 2.34. The Morgan fingerprint density at radius 1 is 1.12 bits per heavy atom. The van der Waals surface area contributed by atoms with Gasteiger partial charge in [0.2, 0.25) is 5.91 Å². The van der Waals surface area contributed by atoms with Crippen molar-refractivity contribution in [2.75, 3.05) is 31.5 Å². The molecular weight excluding hydrogens is 430 g/mol. The van der Waals surface area contributed by atoms with E-state index in [4.69, 9.17) is 4.74 Å². The molecule has 32 heavy (non-hydrogen) atoms. The van der Waals surface area contributed by atoms with Crippen molar-refractivity contribution in [1.82, 2.24) is 10.2 Å². The number of aryl methyl sites for hydroxylation is 2. The van der Waals surface area contributed by atoms with Crippen LogP contribution >= 0.6 is 0 Å². The lowest BCUT2D eigenvalue weighted by Gasteiger charge is -2.24. The highest BCUT2D eigenvalue weighted by Crippen LogP contribution is 2.23. The monoisotopic (exact) mass is 459 g/mol.